The molecule has 3 rings (SSSR count). The first-order chi connectivity index (χ1) is 9.77. The first kappa shape index (κ1) is 13.6. The normalized spacial score (nSPS) is 25.9. The minimum absolute atomic E-state index is 0.100. The highest BCUT2D eigenvalue weighted by molar-refractivity contribution is 5.84. The quantitative estimate of drug-likeness (QED) is 0.900. The molecule has 0 aromatic heterocycles. The van der Waals surface area contributed by atoms with Crippen LogP contribution in [0.5, 0.6) is 0 Å². The third-order valence-corrected chi connectivity index (χ3v) is 4.55. The van der Waals surface area contributed by atoms with E-state index in [4.69, 9.17) is 0 Å². The summed E-state index contributed by atoms with van der Waals surface area (Å²) in [5.41, 5.74) is 1.22. The molecule has 1 amide bonds. The molecule has 0 bridgehead atoms. The van der Waals surface area contributed by atoms with Gasteiger partial charge < -0.3 is 10.2 Å². The molecule has 4 heteroatoms. The molecule has 2 aliphatic heterocycles. The monoisotopic (exact) mass is 273 g/mol. The first-order valence-electron chi connectivity index (χ1n) is 7.57. The number of rotatable bonds is 3. The highest BCUT2D eigenvalue weighted by Crippen LogP contribution is 2.27. The molecule has 1 aromatic rings. The zero-order chi connectivity index (χ0) is 13.9. The van der Waals surface area contributed by atoms with Crippen LogP contribution in [0.3, 0.4) is 0 Å². The summed E-state index contributed by atoms with van der Waals surface area (Å²) in [5.74, 6) is 0.309. The van der Waals surface area contributed by atoms with Crippen molar-refractivity contribution in [3.8, 4) is 0 Å². The molecule has 1 aromatic carbocycles. The minimum atomic E-state index is 0.100. The van der Waals surface area contributed by atoms with Gasteiger partial charge in [-0.1, -0.05) is 30.3 Å². The van der Waals surface area contributed by atoms with Gasteiger partial charge in [0.2, 0.25) is 5.91 Å². The number of nitrogens with one attached hydrogen (secondary N) is 1. The summed E-state index contributed by atoms with van der Waals surface area (Å²) >= 11 is 0. The molecule has 2 fully saturated rings. The van der Waals surface area contributed by atoms with E-state index in [9.17, 15) is 4.79 Å². The molecule has 4 nitrogen and oxygen atoms in total. The number of piperazine rings is 1. The molecule has 2 atom stereocenters. The number of hydrogen-bond donors (Lipinski definition) is 1. The molecule has 2 saturated heterocycles. The lowest BCUT2D eigenvalue weighted by molar-refractivity contribution is -0.134. The van der Waals surface area contributed by atoms with Crippen LogP contribution < -0.4 is 5.32 Å². The molecule has 20 heavy (non-hydrogen) atoms. The smallest absolute Gasteiger partial charge is 0.240 e. The average Bonchev–Trinajstić information content (AvgIpc) is 2.90. The largest absolute Gasteiger partial charge is 0.335 e. The average molecular weight is 273 g/mol. The summed E-state index contributed by atoms with van der Waals surface area (Å²) in [4.78, 5) is 17.1. The number of nitrogens with zero attached hydrogens (tertiary/aromatic N) is 2. The van der Waals surface area contributed by atoms with Gasteiger partial charge in [-0.05, 0) is 18.9 Å². The Morgan fingerprint density at radius 2 is 1.85 bits per heavy atom. The van der Waals surface area contributed by atoms with Gasteiger partial charge in [0.1, 0.15) is 0 Å². The van der Waals surface area contributed by atoms with Crippen molar-refractivity contribution in [2.75, 3.05) is 32.7 Å². The molecule has 2 aliphatic rings. The van der Waals surface area contributed by atoms with Gasteiger partial charge in [-0.2, -0.15) is 0 Å². The van der Waals surface area contributed by atoms with Gasteiger partial charge in [0.15, 0.2) is 0 Å². The van der Waals surface area contributed by atoms with Crippen LogP contribution in [0.1, 0.15) is 24.9 Å². The van der Waals surface area contributed by atoms with Crippen molar-refractivity contribution in [2.24, 2.45) is 0 Å². The van der Waals surface area contributed by atoms with E-state index in [-0.39, 0.29) is 12.1 Å². The van der Waals surface area contributed by atoms with E-state index in [1.807, 2.05) is 23.1 Å². The van der Waals surface area contributed by atoms with E-state index in [1.165, 1.54) is 5.56 Å². The van der Waals surface area contributed by atoms with Crippen LogP contribution in [0.2, 0.25) is 0 Å². The van der Waals surface area contributed by atoms with Crippen LogP contribution in [0.4, 0.5) is 0 Å². The Kier molecular flexibility index (Phi) is 4.03. The van der Waals surface area contributed by atoms with E-state index < -0.39 is 0 Å². The Morgan fingerprint density at radius 3 is 2.55 bits per heavy atom. The van der Waals surface area contributed by atoms with Crippen molar-refractivity contribution in [1.29, 1.82) is 0 Å². The van der Waals surface area contributed by atoms with Gasteiger partial charge in [0.25, 0.3) is 0 Å². The molecular formula is C16H23N3O. The van der Waals surface area contributed by atoms with E-state index in [1.54, 1.807) is 0 Å². The number of hydrogen-bond acceptors (Lipinski definition) is 3. The lowest BCUT2D eigenvalue weighted by Gasteiger charge is -2.32. The number of carbonyl (C=O) groups excluding carboxylic acids is 1. The lowest BCUT2D eigenvalue weighted by Crippen LogP contribution is -2.51. The topological polar surface area (TPSA) is 35.6 Å². The Labute approximate surface area is 120 Å². The summed E-state index contributed by atoms with van der Waals surface area (Å²) in [5, 5.41) is 3.35. The maximum absolute atomic E-state index is 12.7. The molecule has 1 N–H and O–H groups in total. The second-order valence-electron chi connectivity index (χ2n) is 5.71. The van der Waals surface area contributed by atoms with Crippen molar-refractivity contribution in [2.45, 2.75) is 25.4 Å². The van der Waals surface area contributed by atoms with Crippen molar-refractivity contribution < 1.29 is 4.79 Å². The summed E-state index contributed by atoms with van der Waals surface area (Å²) in [6, 6.07) is 10.6. The Hall–Kier alpha value is -1.39. The maximum atomic E-state index is 12.7. The highest BCUT2D eigenvalue weighted by Gasteiger charge is 2.38. The van der Waals surface area contributed by atoms with Crippen molar-refractivity contribution in [1.82, 2.24) is 15.1 Å². The summed E-state index contributed by atoms with van der Waals surface area (Å²) in [6.07, 6.45) is 0.968. The van der Waals surface area contributed by atoms with Crippen LogP contribution in [0.15, 0.2) is 30.3 Å². The van der Waals surface area contributed by atoms with Gasteiger partial charge in [-0.25, -0.2) is 0 Å². The predicted molar refractivity (Wildman–Crippen MR) is 79.4 cm³/mol. The fourth-order valence-electron chi connectivity index (χ4n) is 3.32. The standard InChI is InChI=1S/C16H23N3O/c1-13(14-5-3-2-4-6-14)19-10-7-15(16(19)20)18-11-8-17-9-12-18/h2-6,13,15,17H,7-12H2,1H3. The van der Waals surface area contributed by atoms with Crippen LogP contribution in [-0.2, 0) is 4.79 Å². The van der Waals surface area contributed by atoms with Crippen molar-refractivity contribution >= 4 is 5.91 Å². The molecule has 108 valence electrons. The third-order valence-electron chi connectivity index (χ3n) is 4.55. The molecule has 0 aliphatic carbocycles. The second-order valence-corrected chi connectivity index (χ2v) is 5.71. The molecule has 0 radical (unpaired) electrons. The third kappa shape index (κ3) is 2.58. The fourth-order valence-corrected chi connectivity index (χ4v) is 3.32. The second kappa shape index (κ2) is 5.94. The lowest BCUT2D eigenvalue weighted by atomic mass is 10.1. The van der Waals surface area contributed by atoms with Gasteiger partial charge in [0, 0.05) is 32.7 Å². The first-order valence-corrected chi connectivity index (χ1v) is 7.57. The van der Waals surface area contributed by atoms with E-state index >= 15 is 0 Å². The van der Waals surface area contributed by atoms with Gasteiger partial charge in [0.05, 0.1) is 12.1 Å². The zero-order valence-electron chi connectivity index (χ0n) is 12.1. The van der Waals surface area contributed by atoms with Gasteiger partial charge in [-0.3, -0.25) is 9.69 Å². The van der Waals surface area contributed by atoms with E-state index in [0.29, 0.717) is 5.91 Å². The minimum Gasteiger partial charge on any atom is -0.335 e. The SMILES string of the molecule is CC(c1ccccc1)N1CCC(N2CCNCC2)C1=O. The number of likely N-dealkylation sites (tertiary alicyclic amines) is 1. The summed E-state index contributed by atoms with van der Waals surface area (Å²) in [6.45, 7) is 6.99. The van der Waals surface area contributed by atoms with E-state index in [2.05, 4.69) is 29.3 Å². The Balaban J connectivity index is 1.69. The Morgan fingerprint density at radius 1 is 1.15 bits per heavy atom. The van der Waals surface area contributed by atoms with E-state index in [0.717, 1.165) is 39.1 Å². The Bertz CT molecular complexity index is 456. The van der Waals surface area contributed by atoms with Gasteiger partial charge >= 0.3 is 0 Å². The number of carbonyl (C=O) groups is 1. The van der Waals surface area contributed by atoms with Crippen LogP contribution in [-0.4, -0.2) is 54.5 Å². The van der Waals surface area contributed by atoms with Crippen LogP contribution in [0.25, 0.3) is 0 Å². The highest BCUT2D eigenvalue weighted by atomic mass is 16.2. The number of benzene rings is 1. The molecule has 2 unspecified atom stereocenters. The molecular weight excluding hydrogens is 250 g/mol. The molecule has 0 spiro atoms. The van der Waals surface area contributed by atoms with Gasteiger partial charge in [-0.15, -0.1) is 0 Å². The molecule has 0 saturated carbocycles. The van der Waals surface area contributed by atoms with Crippen molar-refractivity contribution in [3.63, 3.8) is 0 Å². The molecule has 2 heterocycles. The van der Waals surface area contributed by atoms with Crippen molar-refractivity contribution in [3.05, 3.63) is 35.9 Å². The fraction of sp³-hybridized carbons (Fsp3) is 0.562. The van der Waals surface area contributed by atoms with Crippen LogP contribution in [0, 0.1) is 0 Å². The predicted octanol–water partition coefficient (Wildman–Crippen LogP) is 1.25. The maximum Gasteiger partial charge on any atom is 0.240 e. The van der Waals surface area contributed by atoms with Crippen LogP contribution >= 0.6 is 0 Å². The zero-order valence-corrected chi connectivity index (χ0v) is 12.1. The number of amides is 1. The summed E-state index contributed by atoms with van der Waals surface area (Å²) in [7, 11) is 0. The summed E-state index contributed by atoms with van der Waals surface area (Å²) < 4.78 is 0.